The molecule has 1 atom stereocenters. The first-order valence-electron chi connectivity index (χ1n) is 9.48. The van der Waals surface area contributed by atoms with Crippen LogP contribution in [0.25, 0.3) is 6.08 Å². The molecule has 2 aromatic heterocycles. The van der Waals surface area contributed by atoms with Crippen molar-refractivity contribution in [2.45, 2.75) is 19.4 Å². The summed E-state index contributed by atoms with van der Waals surface area (Å²) in [5.74, 6) is -0.343. The molecular formula is C23H20N2O4S. The predicted molar refractivity (Wildman–Crippen MR) is 115 cm³/mol. The van der Waals surface area contributed by atoms with Gasteiger partial charge in [0.25, 0.3) is 5.91 Å². The van der Waals surface area contributed by atoms with Gasteiger partial charge in [-0.1, -0.05) is 35.9 Å². The molecule has 0 spiro atoms. The minimum atomic E-state index is -0.583. The number of carbonyl (C=O) groups excluding carboxylic acids is 2. The molecule has 1 unspecified atom stereocenters. The standard InChI is InChI=1S/C23H20N2O4S/c1-16-6-8-17(9-7-16)10-11-23(27)29-15-22(26)25-19(20-4-2-12-28-20)14-18(24-25)21-5-3-13-30-21/h2-13,19H,14-15H2,1H3/b11-10+. The summed E-state index contributed by atoms with van der Waals surface area (Å²) in [6.07, 6.45) is 5.07. The number of carbonyl (C=O) groups is 2. The summed E-state index contributed by atoms with van der Waals surface area (Å²) in [6.45, 7) is 1.60. The molecule has 1 aliphatic heterocycles. The molecule has 3 heterocycles. The van der Waals surface area contributed by atoms with Crippen LogP contribution in [-0.4, -0.2) is 29.2 Å². The van der Waals surface area contributed by atoms with Crippen LogP contribution in [0.2, 0.25) is 0 Å². The molecule has 30 heavy (non-hydrogen) atoms. The summed E-state index contributed by atoms with van der Waals surface area (Å²) in [5, 5.41) is 7.81. The zero-order valence-electron chi connectivity index (χ0n) is 16.4. The number of amides is 1. The lowest BCUT2D eigenvalue weighted by Gasteiger charge is -2.19. The van der Waals surface area contributed by atoms with Crippen molar-refractivity contribution in [2.24, 2.45) is 5.10 Å². The molecule has 0 bridgehead atoms. The molecule has 152 valence electrons. The Bertz CT molecular complexity index is 1070. The Morgan fingerprint density at radius 1 is 1.23 bits per heavy atom. The highest BCUT2D eigenvalue weighted by Gasteiger charge is 2.35. The van der Waals surface area contributed by atoms with Crippen molar-refractivity contribution in [1.82, 2.24) is 5.01 Å². The lowest BCUT2D eigenvalue weighted by Crippen LogP contribution is -2.31. The van der Waals surface area contributed by atoms with Gasteiger partial charge in [-0.3, -0.25) is 4.79 Å². The average Bonchev–Trinajstić information content (AvgIpc) is 3.51. The van der Waals surface area contributed by atoms with Crippen molar-refractivity contribution in [3.05, 3.63) is 88.0 Å². The second-order valence-electron chi connectivity index (χ2n) is 6.85. The van der Waals surface area contributed by atoms with Gasteiger partial charge in [-0.2, -0.15) is 5.10 Å². The highest BCUT2D eigenvalue weighted by molar-refractivity contribution is 7.12. The van der Waals surface area contributed by atoms with E-state index in [-0.39, 0.29) is 6.04 Å². The fraction of sp³-hybridized carbons (Fsp3) is 0.174. The maximum absolute atomic E-state index is 12.8. The van der Waals surface area contributed by atoms with Gasteiger partial charge in [-0.05, 0) is 42.1 Å². The molecule has 1 aromatic carbocycles. The van der Waals surface area contributed by atoms with Crippen LogP contribution >= 0.6 is 11.3 Å². The highest BCUT2D eigenvalue weighted by Crippen LogP contribution is 2.34. The molecule has 1 aliphatic rings. The van der Waals surface area contributed by atoms with Crippen LogP contribution in [0.4, 0.5) is 0 Å². The number of esters is 1. The van der Waals surface area contributed by atoms with Gasteiger partial charge >= 0.3 is 5.97 Å². The van der Waals surface area contributed by atoms with E-state index in [1.165, 1.54) is 11.1 Å². The topological polar surface area (TPSA) is 72.1 Å². The van der Waals surface area contributed by atoms with Crippen LogP contribution in [0.15, 0.2) is 75.8 Å². The first-order chi connectivity index (χ1) is 14.6. The molecule has 0 aliphatic carbocycles. The fourth-order valence-electron chi connectivity index (χ4n) is 3.12. The molecule has 0 fully saturated rings. The first kappa shape index (κ1) is 19.8. The smallest absolute Gasteiger partial charge is 0.331 e. The van der Waals surface area contributed by atoms with Crippen LogP contribution in [0, 0.1) is 6.92 Å². The van der Waals surface area contributed by atoms with Crippen molar-refractivity contribution in [2.75, 3.05) is 6.61 Å². The third-order valence-corrected chi connectivity index (χ3v) is 5.59. The summed E-state index contributed by atoms with van der Waals surface area (Å²) in [7, 11) is 0. The molecule has 0 saturated carbocycles. The average molecular weight is 420 g/mol. The number of nitrogens with zero attached hydrogens (tertiary/aromatic N) is 2. The quantitative estimate of drug-likeness (QED) is 0.432. The normalized spacial score (nSPS) is 16.1. The Balaban J connectivity index is 1.41. The van der Waals surface area contributed by atoms with E-state index in [2.05, 4.69) is 5.10 Å². The van der Waals surface area contributed by atoms with Gasteiger partial charge < -0.3 is 9.15 Å². The molecule has 6 nitrogen and oxygen atoms in total. The number of furan rings is 1. The second kappa shape index (κ2) is 8.92. The number of aryl methyl sites for hydroxylation is 1. The van der Waals surface area contributed by atoms with Gasteiger partial charge in [-0.15, -0.1) is 11.3 Å². The lowest BCUT2D eigenvalue weighted by molar-refractivity contribution is -0.149. The van der Waals surface area contributed by atoms with E-state index in [0.29, 0.717) is 12.2 Å². The van der Waals surface area contributed by atoms with Crippen molar-refractivity contribution in [1.29, 1.82) is 0 Å². The third-order valence-electron chi connectivity index (χ3n) is 4.67. The fourth-order valence-corrected chi connectivity index (χ4v) is 3.84. The van der Waals surface area contributed by atoms with Gasteiger partial charge in [0.1, 0.15) is 11.8 Å². The number of ether oxygens (including phenoxy) is 1. The van der Waals surface area contributed by atoms with Crippen LogP contribution in [0.3, 0.4) is 0 Å². The van der Waals surface area contributed by atoms with E-state index in [1.54, 1.807) is 29.7 Å². The van der Waals surface area contributed by atoms with E-state index < -0.39 is 18.5 Å². The Hall–Kier alpha value is -3.45. The van der Waals surface area contributed by atoms with Gasteiger partial charge in [0.05, 0.1) is 16.9 Å². The van der Waals surface area contributed by atoms with E-state index in [1.807, 2.05) is 54.8 Å². The van der Waals surface area contributed by atoms with Crippen LogP contribution in [0.1, 0.15) is 34.2 Å². The number of hydrogen-bond donors (Lipinski definition) is 0. The second-order valence-corrected chi connectivity index (χ2v) is 7.80. The molecule has 0 radical (unpaired) electrons. The molecule has 0 saturated heterocycles. The number of hydrogen-bond acceptors (Lipinski definition) is 6. The van der Waals surface area contributed by atoms with Crippen molar-refractivity contribution in [3.63, 3.8) is 0 Å². The molecule has 7 heteroatoms. The molecule has 0 N–H and O–H groups in total. The third kappa shape index (κ3) is 4.58. The highest BCUT2D eigenvalue weighted by atomic mass is 32.1. The first-order valence-corrected chi connectivity index (χ1v) is 10.4. The minimum Gasteiger partial charge on any atom is -0.467 e. The van der Waals surface area contributed by atoms with Crippen molar-refractivity contribution < 1.29 is 18.7 Å². The van der Waals surface area contributed by atoms with Crippen molar-refractivity contribution in [3.8, 4) is 0 Å². The van der Waals surface area contributed by atoms with Crippen LogP contribution < -0.4 is 0 Å². The van der Waals surface area contributed by atoms with E-state index in [4.69, 9.17) is 9.15 Å². The number of benzene rings is 1. The minimum absolute atomic E-state index is 0.355. The van der Waals surface area contributed by atoms with E-state index in [9.17, 15) is 9.59 Å². The zero-order valence-corrected chi connectivity index (χ0v) is 17.2. The largest absolute Gasteiger partial charge is 0.467 e. The monoisotopic (exact) mass is 420 g/mol. The molecule has 4 rings (SSSR count). The Labute approximate surface area is 178 Å². The van der Waals surface area contributed by atoms with Gasteiger partial charge in [0.2, 0.25) is 0 Å². The lowest BCUT2D eigenvalue weighted by atomic mass is 10.1. The summed E-state index contributed by atoms with van der Waals surface area (Å²) in [4.78, 5) is 25.8. The molecular weight excluding hydrogens is 400 g/mol. The molecule has 1 amide bonds. The van der Waals surface area contributed by atoms with E-state index >= 15 is 0 Å². The zero-order chi connectivity index (χ0) is 20.9. The predicted octanol–water partition coefficient (Wildman–Crippen LogP) is 4.58. The van der Waals surface area contributed by atoms with Crippen molar-refractivity contribution >= 4 is 35.0 Å². The summed E-state index contributed by atoms with van der Waals surface area (Å²) < 4.78 is 10.6. The number of hydrazone groups is 1. The summed E-state index contributed by atoms with van der Waals surface area (Å²) in [5.41, 5.74) is 2.83. The van der Waals surface area contributed by atoms with Crippen LogP contribution in [-0.2, 0) is 14.3 Å². The molecule has 3 aromatic rings. The number of rotatable bonds is 6. The maximum atomic E-state index is 12.8. The van der Waals surface area contributed by atoms with Crippen LogP contribution in [0.5, 0.6) is 0 Å². The number of thiophene rings is 1. The summed E-state index contributed by atoms with van der Waals surface area (Å²) >= 11 is 1.56. The Morgan fingerprint density at radius 2 is 2.07 bits per heavy atom. The summed E-state index contributed by atoms with van der Waals surface area (Å²) in [6, 6.07) is 14.9. The SMILES string of the molecule is Cc1ccc(/C=C/C(=O)OCC(=O)N2N=C(c3cccs3)CC2c2ccco2)cc1. The maximum Gasteiger partial charge on any atom is 0.331 e. The Morgan fingerprint density at radius 3 is 2.77 bits per heavy atom. The Kier molecular flexibility index (Phi) is 5.90. The van der Waals surface area contributed by atoms with Gasteiger partial charge in [0, 0.05) is 12.5 Å². The van der Waals surface area contributed by atoms with Gasteiger partial charge in [-0.25, -0.2) is 9.80 Å². The van der Waals surface area contributed by atoms with Gasteiger partial charge in [0.15, 0.2) is 6.61 Å². The van der Waals surface area contributed by atoms with E-state index in [0.717, 1.165) is 21.7 Å².